The molecule has 0 aliphatic heterocycles. The van der Waals surface area contributed by atoms with Crippen molar-refractivity contribution in [3.8, 4) is 0 Å². The third-order valence-electron chi connectivity index (χ3n) is 2.28. The molecule has 0 unspecified atom stereocenters. The number of unbranched alkanes of at least 4 members (excludes halogenated alkanes) is 2. The number of halogens is 1. The van der Waals surface area contributed by atoms with Crippen LogP contribution in [0.1, 0.15) is 43.1 Å². The molecule has 0 atom stereocenters. The molecule has 1 heterocycles. The number of anilines is 1. The van der Waals surface area contributed by atoms with Gasteiger partial charge in [-0.25, -0.2) is 4.98 Å². The first-order valence-electron chi connectivity index (χ1n) is 5.60. The molecule has 1 aromatic heterocycles. The lowest BCUT2D eigenvalue weighted by Crippen LogP contribution is -2.14. The Labute approximate surface area is 105 Å². The zero-order chi connectivity index (χ0) is 12.7. The van der Waals surface area contributed by atoms with Crippen molar-refractivity contribution in [1.29, 1.82) is 0 Å². The number of pyridine rings is 1. The molecule has 5 heteroatoms. The Bertz CT molecular complexity index is 407. The van der Waals surface area contributed by atoms with Gasteiger partial charge in [-0.3, -0.25) is 9.59 Å². The van der Waals surface area contributed by atoms with Crippen LogP contribution >= 0.6 is 11.6 Å². The van der Waals surface area contributed by atoms with Crippen LogP contribution in [0.25, 0.3) is 0 Å². The van der Waals surface area contributed by atoms with E-state index in [9.17, 15) is 9.59 Å². The number of nitrogens with zero attached hydrogens (tertiary/aromatic N) is 1. The van der Waals surface area contributed by atoms with Gasteiger partial charge in [-0.05, 0) is 30.2 Å². The Morgan fingerprint density at radius 1 is 1.41 bits per heavy atom. The highest BCUT2D eigenvalue weighted by atomic mass is 35.5. The van der Waals surface area contributed by atoms with Gasteiger partial charge in [0.15, 0.2) is 0 Å². The van der Waals surface area contributed by atoms with Gasteiger partial charge in [0, 0.05) is 12.6 Å². The number of hydrogen-bond acceptors (Lipinski definition) is 3. The Morgan fingerprint density at radius 3 is 2.82 bits per heavy atom. The number of rotatable bonds is 6. The average Bonchev–Trinajstić information content (AvgIpc) is 2.29. The highest BCUT2D eigenvalue weighted by molar-refractivity contribution is 6.68. The summed E-state index contributed by atoms with van der Waals surface area (Å²) in [6.45, 7) is 2.07. The molecule has 1 aromatic rings. The molecule has 17 heavy (non-hydrogen) atoms. The first-order valence-corrected chi connectivity index (χ1v) is 5.97. The van der Waals surface area contributed by atoms with E-state index in [1.807, 2.05) is 0 Å². The van der Waals surface area contributed by atoms with Crippen molar-refractivity contribution in [1.82, 2.24) is 4.98 Å². The number of carbonyl (C=O) groups excluding carboxylic acids is 2. The van der Waals surface area contributed by atoms with Crippen LogP contribution in [0.2, 0.25) is 0 Å². The summed E-state index contributed by atoms with van der Waals surface area (Å²) in [7, 11) is 0. The van der Waals surface area contributed by atoms with Crippen molar-refractivity contribution in [3.05, 3.63) is 24.0 Å². The Kier molecular flexibility index (Phi) is 5.63. The second-order valence-corrected chi connectivity index (χ2v) is 4.02. The predicted molar refractivity (Wildman–Crippen MR) is 67.2 cm³/mol. The van der Waals surface area contributed by atoms with Gasteiger partial charge in [-0.1, -0.05) is 19.8 Å². The van der Waals surface area contributed by atoms with Crippen LogP contribution in [-0.2, 0) is 4.79 Å². The fraction of sp³-hybridized carbons (Fsp3) is 0.417. The summed E-state index contributed by atoms with van der Waals surface area (Å²) in [5.74, 6) is -0.120. The fourth-order valence-corrected chi connectivity index (χ4v) is 1.56. The summed E-state index contributed by atoms with van der Waals surface area (Å²) in [4.78, 5) is 26.5. The van der Waals surface area contributed by atoms with Crippen LogP contribution in [-0.4, -0.2) is 16.1 Å². The minimum absolute atomic E-state index is 0.0815. The molecule has 0 aliphatic carbocycles. The lowest BCUT2D eigenvalue weighted by Gasteiger charge is -2.07. The Morgan fingerprint density at radius 2 is 2.18 bits per heavy atom. The molecule has 0 fully saturated rings. The zero-order valence-electron chi connectivity index (χ0n) is 9.70. The third-order valence-corrected chi connectivity index (χ3v) is 2.45. The first-order chi connectivity index (χ1) is 8.15. The van der Waals surface area contributed by atoms with Crippen LogP contribution in [0.3, 0.4) is 0 Å². The molecule has 4 nitrogen and oxygen atoms in total. The lowest BCUT2D eigenvalue weighted by atomic mass is 10.2. The maximum absolute atomic E-state index is 11.6. The molecule has 0 saturated heterocycles. The number of aromatic nitrogens is 1. The third kappa shape index (κ3) is 4.53. The average molecular weight is 255 g/mol. The van der Waals surface area contributed by atoms with Gasteiger partial charge in [0.1, 0.15) is 5.69 Å². The van der Waals surface area contributed by atoms with Gasteiger partial charge >= 0.3 is 0 Å². The molecule has 1 amide bonds. The largest absolute Gasteiger partial charge is 0.324 e. The van der Waals surface area contributed by atoms with Crippen LogP contribution in [0.15, 0.2) is 18.3 Å². The van der Waals surface area contributed by atoms with Crippen LogP contribution in [0.4, 0.5) is 5.69 Å². The van der Waals surface area contributed by atoms with Crippen molar-refractivity contribution < 1.29 is 9.59 Å². The summed E-state index contributed by atoms with van der Waals surface area (Å²) >= 11 is 5.37. The summed E-state index contributed by atoms with van der Waals surface area (Å²) < 4.78 is 0. The van der Waals surface area contributed by atoms with Gasteiger partial charge < -0.3 is 5.32 Å². The van der Waals surface area contributed by atoms with Crippen molar-refractivity contribution in [3.63, 3.8) is 0 Å². The SMILES string of the molecule is CCCCCC(=O)Nc1cccnc1C(=O)Cl. The quantitative estimate of drug-likeness (QED) is 0.627. The van der Waals surface area contributed by atoms with Gasteiger partial charge in [0.2, 0.25) is 5.91 Å². The minimum Gasteiger partial charge on any atom is -0.324 e. The van der Waals surface area contributed by atoms with Crippen molar-refractivity contribution >= 4 is 28.4 Å². The van der Waals surface area contributed by atoms with Crippen molar-refractivity contribution in [2.24, 2.45) is 0 Å². The summed E-state index contributed by atoms with van der Waals surface area (Å²) in [6.07, 6.45) is 4.82. The second-order valence-electron chi connectivity index (χ2n) is 3.68. The van der Waals surface area contributed by atoms with Crippen molar-refractivity contribution in [2.75, 3.05) is 5.32 Å². The van der Waals surface area contributed by atoms with Crippen LogP contribution in [0, 0.1) is 0 Å². The molecule has 0 spiro atoms. The molecule has 0 bridgehead atoms. The normalized spacial score (nSPS) is 10.0. The maximum Gasteiger partial charge on any atom is 0.272 e. The van der Waals surface area contributed by atoms with E-state index in [0.29, 0.717) is 12.1 Å². The van der Waals surface area contributed by atoms with Crippen LogP contribution < -0.4 is 5.32 Å². The fourth-order valence-electron chi connectivity index (χ4n) is 1.41. The Balaban J connectivity index is 2.61. The minimum atomic E-state index is -0.672. The highest BCUT2D eigenvalue weighted by Gasteiger charge is 2.12. The van der Waals surface area contributed by atoms with Gasteiger partial charge in [-0.15, -0.1) is 0 Å². The standard InChI is InChI=1S/C12H15ClN2O2/c1-2-3-4-7-10(16)15-9-6-5-8-14-11(9)12(13)17/h5-6,8H,2-4,7H2,1H3,(H,15,16). The van der Waals surface area contributed by atoms with Crippen LogP contribution in [0.5, 0.6) is 0 Å². The van der Waals surface area contributed by atoms with E-state index < -0.39 is 5.24 Å². The monoisotopic (exact) mass is 254 g/mol. The van der Waals surface area contributed by atoms with E-state index in [-0.39, 0.29) is 11.6 Å². The van der Waals surface area contributed by atoms with E-state index in [2.05, 4.69) is 17.2 Å². The molecule has 0 aromatic carbocycles. The highest BCUT2D eigenvalue weighted by Crippen LogP contribution is 2.15. The first kappa shape index (κ1) is 13.6. The maximum atomic E-state index is 11.6. The summed E-state index contributed by atoms with van der Waals surface area (Å²) in [6, 6.07) is 3.26. The zero-order valence-corrected chi connectivity index (χ0v) is 10.5. The molecule has 0 saturated carbocycles. The smallest absolute Gasteiger partial charge is 0.272 e. The van der Waals surface area contributed by atoms with Gasteiger partial charge in [-0.2, -0.15) is 0 Å². The van der Waals surface area contributed by atoms with E-state index >= 15 is 0 Å². The number of carbonyl (C=O) groups is 2. The number of amides is 1. The molecule has 1 rings (SSSR count). The van der Waals surface area contributed by atoms with E-state index in [4.69, 9.17) is 11.6 Å². The van der Waals surface area contributed by atoms with E-state index in [1.54, 1.807) is 12.1 Å². The van der Waals surface area contributed by atoms with E-state index in [0.717, 1.165) is 19.3 Å². The topological polar surface area (TPSA) is 59.1 Å². The Hall–Kier alpha value is -1.42. The predicted octanol–water partition coefficient (Wildman–Crippen LogP) is 2.98. The number of hydrogen-bond donors (Lipinski definition) is 1. The molecule has 92 valence electrons. The van der Waals surface area contributed by atoms with Gasteiger partial charge in [0.25, 0.3) is 5.24 Å². The lowest BCUT2D eigenvalue weighted by molar-refractivity contribution is -0.116. The molecule has 0 aliphatic rings. The molecule has 1 N–H and O–H groups in total. The molecular formula is C12H15ClN2O2. The molecule has 0 radical (unpaired) electrons. The van der Waals surface area contributed by atoms with Crippen molar-refractivity contribution in [2.45, 2.75) is 32.6 Å². The second kappa shape index (κ2) is 7.01. The van der Waals surface area contributed by atoms with Gasteiger partial charge in [0.05, 0.1) is 5.69 Å². The molecular weight excluding hydrogens is 240 g/mol. The van der Waals surface area contributed by atoms with E-state index in [1.165, 1.54) is 6.20 Å². The summed E-state index contributed by atoms with van der Waals surface area (Å²) in [5, 5.41) is 1.97. The summed E-state index contributed by atoms with van der Waals surface area (Å²) in [5.41, 5.74) is 0.451. The number of nitrogens with one attached hydrogen (secondary N) is 1.